The lowest BCUT2D eigenvalue weighted by Crippen LogP contribution is -2.29. The van der Waals surface area contributed by atoms with Crippen LogP contribution in [-0.2, 0) is 10.0 Å². The van der Waals surface area contributed by atoms with E-state index in [9.17, 15) is 18.5 Å². The third-order valence-corrected chi connectivity index (χ3v) is 4.01. The van der Waals surface area contributed by atoms with Crippen molar-refractivity contribution in [3.05, 3.63) is 28.3 Å². The number of ether oxygens (including phenoxy) is 1. The molecular weight excluding hydrogens is 286 g/mol. The van der Waals surface area contributed by atoms with Gasteiger partial charge in [0.05, 0.1) is 16.9 Å². The van der Waals surface area contributed by atoms with Gasteiger partial charge in [-0.15, -0.1) is 0 Å². The van der Waals surface area contributed by atoms with Crippen LogP contribution in [0.5, 0.6) is 5.75 Å². The average molecular weight is 303 g/mol. The molecule has 0 fully saturated rings. The first-order chi connectivity index (χ1) is 9.27. The van der Waals surface area contributed by atoms with E-state index in [-0.39, 0.29) is 28.9 Å². The Kier molecular flexibility index (Phi) is 5.43. The zero-order valence-electron chi connectivity index (χ0n) is 11.2. The quantitative estimate of drug-likeness (QED) is 0.562. The highest BCUT2D eigenvalue weighted by Gasteiger charge is 2.20. The van der Waals surface area contributed by atoms with E-state index in [4.69, 9.17) is 10.5 Å². The maximum Gasteiger partial charge on any atom is 0.310 e. The second-order valence-electron chi connectivity index (χ2n) is 4.25. The molecule has 1 atom stereocenters. The van der Waals surface area contributed by atoms with E-state index < -0.39 is 14.9 Å². The molecule has 20 heavy (non-hydrogen) atoms. The topological polar surface area (TPSA) is 125 Å². The number of benzene rings is 1. The zero-order chi connectivity index (χ0) is 15.3. The lowest BCUT2D eigenvalue weighted by molar-refractivity contribution is -0.385. The van der Waals surface area contributed by atoms with Gasteiger partial charge < -0.3 is 10.5 Å². The van der Waals surface area contributed by atoms with Gasteiger partial charge in [-0.3, -0.25) is 10.1 Å². The van der Waals surface area contributed by atoms with Gasteiger partial charge in [-0.2, -0.15) is 0 Å². The Balaban J connectivity index is 2.98. The van der Waals surface area contributed by atoms with E-state index >= 15 is 0 Å². The maximum atomic E-state index is 12.0. The summed E-state index contributed by atoms with van der Waals surface area (Å²) in [7, 11) is -2.50. The summed E-state index contributed by atoms with van der Waals surface area (Å²) in [5.74, 6) is -0.106. The van der Waals surface area contributed by atoms with Crippen molar-refractivity contribution < 1.29 is 18.1 Å². The second kappa shape index (κ2) is 6.64. The van der Waals surface area contributed by atoms with Crippen molar-refractivity contribution in [2.75, 3.05) is 13.7 Å². The molecule has 0 saturated heterocycles. The van der Waals surface area contributed by atoms with Crippen LogP contribution in [0, 0.1) is 10.1 Å². The van der Waals surface area contributed by atoms with Crippen LogP contribution in [0.2, 0.25) is 0 Å². The predicted octanol–water partition coefficient (Wildman–Crippen LogP) is 0.619. The van der Waals surface area contributed by atoms with Crippen molar-refractivity contribution in [1.29, 1.82) is 0 Å². The van der Waals surface area contributed by atoms with Gasteiger partial charge in [-0.05, 0) is 19.4 Å². The summed E-state index contributed by atoms with van der Waals surface area (Å²) >= 11 is 0. The highest BCUT2D eigenvalue weighted by Crippen LogP contribution is 2.29. The molecule has 0 aromatic heterocycles. The van der Waals surface area contributed by atoms with Crippen molar-refractivity contribution in [3.8, 4) is 5.75 Å². The van der Waals surface area contributed by atoms with Crippen LogP contribution in [0.4, 0.5) is 5.69 Å². The lowest BCUT2D eigenvalue weighted by atomic mass is 10.3. The Labute approximate surface area is 117 Å². The van der Waals surface area contributed by atoms with E-state index in [1.165, 1.54) is 7.11 Å². The van der Waals surface area contributed by atoms with Crippen LogP contribution in [0.1, 0.15) is 13.3 Å². The lowest BCUT2D eigenvalue weighted by Gasteiger charge is -2.09. The van der Waals surface area contributed by atoms with Crippen LogP contribution in [0.25, 0.3) is 0 Å². The van der Waals surface area contributed by atoms with E-state index in [0.29, 0.717) is 6.42 Å². The van der Waals surface area contributed by atoms with Gasteiger partial charge in [0.25, 0.3) is 0 Å². The van der Waals surface area contributed by atoms with Crippen LogP contribution in [0.15, 0.2) is 23.1 Å². The molecule has 1 aromatic carbocycles. The maximum absolute atomic E-state index is 12.0. The van der Waals surface area contributed by atoms with Crippen molar-refractivity contribution in [1.82, 2.24) is 4.72 Å². The largest absolute Gasteiger partial charge is 0.490 e. The number of hydrogen-bond donors (Lipinski definition) is 2. The van der Waals surface area contributed by atoms with Crippen molar-refractivity contribution in [2.45, 2.75) is 24.3 Å². The molecule has 1 unspecified atom stereocenters. The fourth-order valence-electron chi connectivity index (χ4n) is 1.48. The Bertz CT molecular complexity index is 586. The van der Waals surface area contributed by atoms with Gasteiger partial charge in [0.1, 0.15) is 0 Å². The summed E-state index contributed by atoms with van der Waals surface area (Å²) in [5.41, 5.74) is 5.24. The first-order valence-corrected chi connectivity index (χ1v) is 7.34. The van der Waals surface area contributed by atoms with Crippen molar-refractivity contribution >= 4 is 15.7 Å². The Morgan fingerprint density at radius 3 is 2.65 bits per heavy atom. The molecule has 0 bridgehead atoms. The van der Waals surface area contributed by atoms with Gasteiger partial charge in [0, 0.05) is 24.7 Å². The smallest absolute Gasteiger partial charge is 0.310 e. The molecule has 112 valence electrons. The third-order valence-electron chi connectivity index (χ3n) is 2.55. The average Bonchev–Trinajstić information content (AvgIpc) is 2.37. The highest BCUT2D eigenvalue weighted by atomic mass is 32.2. The number of hydrogen-bond acceptors (Lipinski definition) is 6. The van der Waals surface area contributed by atoms with Crippen LogP contribution in [0.3, 0.4) is 0 Å². The molecule has 0 amide bonds. The number of nitrogens with two attached hydrogens (primary N) is 1. The molecule has 0 aliphatic rings. The number of nitro groups is 1. The predicted molar refractivity (Wildman–Crippen MR) is 73.1 cm³/mol. The van der Waals surface area contributed by atoms with E-state index in [0.717, 1.165) is 18.2 Å². The molecule has 3 N–H and O–H groups in total. The van der Waals surface area contributed by atoms with Crippen molar-refractivity contribution in [3.63, 3.8) is 0 Å². The minimum Gasteiger partial charge on any atom is -0.490 e. The van der Waals surface area contributed by atoms with E-state index in [2.05, 4.69) is 4.72 Å². The van der Waals surface area contributed by atoms with Crippen LogP contribution in [-0.4, -0.2) is 33.0 Å². The van der Waals surface area contributed by atoms with E-state index in [1.54, 1.807) is 6.92 Å². The third kappa shape index (κ3) is 4.15. The molecule has 0 aliphatic heterocycles. The van der Waals surface area contributed by atoms with Crippen LogP contribution >= 0.6 is 0 Å². The number of nitrogens with one attached hydrogen (secondary N) is 1. The SMILES string of the molecule is COc1cc(S(=O)(=O)NCCC(C)N)ccc1[N+](=O)[O-]. The summed E-state index contributed by atoms with van der Waals surface area (Å²) in [4.78, 5) is 10.0. The molecule has 0 spiro atoms. The Hall–Kier alpha value is -1.71. The minimum atomic E-state index is -3.74. The monoisotopic (exact) mass is 303 g/mol. The first-order valence-electron chi connectivity index (χ1n) is 5.85. The molecule has 0 radical (unpaired) electrons. The summed E-state index contributed by atoms with van der Waals surface area (Å²) < 4.78 is 31.2. The molecule has 1 rings (SSSR count). The first kappa shape index (κ1) is 16.3. The number of nitrogens with zero attached hydrogens (tertiary/aromatic N) is 1. The summed E-state index contributed by atoms with van der Waals surface area (Å²) in [6.07, 6.45) is 0.489. The Morgan fingerprint density at radius 1 is 1.50 bits per heavy atom. The summed E-state index contributed by atoms with van der Waals surface area (Å²) in [6, 6.07) is 3.25. The number of nitro benzene ring substituents is 1. The summed E-state index contributed by atoms with van der Waals surface area (Å²) in [5, 5.41) is 10.7. The Morgan fingerprint density at radius 2 is 2.15 bits per heavy atom. The number of methoxy groups -OCH3 is 1. The van der Waals surface area contributed by atoms with Gasteiger partial charge in [-0.25, -0.2) is 13.1 Å². The number of sulfonamides is 1. The molecular formula is C11H17N3O5S. The normalized spacial score (nSPS) is 12.9. The number of rotatable bonds is 7. The van der Waals surface area contributed by atoms with E-state index in [1.807, 2.05) is 0 Å². The van der Waals surface area contributed by atoms with Crippen molar-refractivity contribution in [2.24, 2.45) is 5.73 Å². The standard InChI is InChI=1S/C11H17N3O5S/c1-8(12)5-6-13-20(17,18)9-3-4-10(14(15)16)11(7-9)19-2/h3-4,7-8,13H,5-6,12H2,1-2H3. The van der Waals surface area contributed by atoms with Gasteiger partial charge in [-0.1, -0.05) is 0 Å². The molecule has 9 heteroatoms. The molecule has 0 saturated carbocycles. The minimum absolute atomic E-state index is 0.0929. The van der Waals surface area contributed by atoms with Crippen LogP contribution < -0.4 is 15.2 Å². The second-order valence-corrected chi connectivity index (χ2v) is 6.02. The fraction of sp³-hybridized carbons (Fsp3) is 0.455. The molecule has 1 aromatic rings. The molecule has 0 heterocycles. The fourth-order valence-corrected chi connectivity index (χ4v) is 2.54. The van der Waals surface area contributed by atoms with Gasteiger partial charge in [0.15, 0.2) is 5.75 Å². The molecule has 8 nitrogen and oxygen atoms in total. The zero-order valence-corrected chi connectivity index (χ0v) is 12.0. The summed E-state index contributed by atoms with van der Waals surface area (Å²) in [6.45, 7) is 1.96. The molecule has 0 aliphatic carbocycles. The highest BCUT2D eigenvalue weighted by molar-refractivity contribution is 7.89. The van der Waals surface area contributed by atoms with Gasteiger partial charge >= 0.3 is 5.69 Å². The van der Waals surface area contributed by atoms with Gasteiger partial charge in [0.2, 0.25) is 10.0 Å².